The van der Waals surface area contributed by atoms with Gasteiger partial charge in [0.15, 0.2) is 16.1 Å². The molecule has 0 aliphatic heterocycles. The van der Waals surface area contributed by atoms with Crippen LogP contribution in [-0.4, -0.2) is 52.6 Å². The fourth-order valence-corrected chi connectivity index (χ4v) is 7.88. The van der Waals surface area contributed by atoms with Gasteiger partial charge in [-0.15, -0.1) is 10.2 Å². The molecule has 0 saturated heterocycles. The molecule has 0 aliphatic carbocycles. The average molecular weight is 1300 g/mol. The van der Waals surface area contributed by atoms with Gasteiger partial charge in [-0.3, -0.25) is 14.9 Å². The second kappa shape index (κ2) is 29.5. The molecule has 0 unspecified atom stereocenters. The third kappa shape index (κ3) is 16.7. The molecule has 301 valence electrons. The minimum absolute atomic E-state index is 0. The largest absolute Gasteiger partial charge is 1.00 e. The number of nitrogens with one attached hydrogen (secondary N) is 1. The van der Waals surface area contributed by atoms with Crippen molar-refractivity contribution in [2.24, 2.45) is 10.2 Å². The maximum atomic E-state index is 13.1. The number of azo groups is 1. The Morgan fingerprint density at radius 3 is 2.00 bits per heavy atom. The number of rotatable bonds is 12. The molecule has 2 N–H and O–H groups in total. The molecule has 0 bridgehead atoms. The summed E-state index contributed by atoms with van der Waals surface area (Å²) in [7, 11) is -10.8. The zero-order valence-electron chi connectivity index (χ0n) is 31.7. The summed E-state index contributed by atoms with van der Waals surface area (Å²) in [5, 5.41) is 48.5. The van der Waals surface area contributed by atoms with Gasteiger partial charge in [0.05, 0.1) is 49.8 Å². The van der Waals surface area contributed by atoms with Gasteiger partial charge in [0.2, 0.25) is 0 Å². The third-order valence-electron chi connectivity index (χ3n) is 7.24. The molecule has 19 nitrogen and oxygen atoms in total. The fourth-order valence-electron chi connectivity index (χ4n) is 5.09. The Morgan fingerprint density at radius 2 is 1.40 bits per heavy atom. The van der Waals surface area contributed by atoms with Crippen LogP contribution in [0, 0.1) is 0 Å². The smallest absolute Gasteiger partial charge is 0 e. The van der Waals surface area contributed by atoms with E-state index in [1.807, 2.05) is 0 Å². The number of phenols is 1. The molecule has 0 aliphatic rings. The molecule has 1 heterocycles. The van der Waals surface area contributed by atoms with Gasteiger partial charge in [0.25, 0.3) is 5.91 Å². The number of nitrogens with zero attached hydrogens (tertiary/aromatic N) is 4. The van der Waals surface area contributed by atoms with E-state index >= 15 is 0 Å². The first kappa shape index (κ1) is 64.3. The van der Waals surface area contributed by atoms with Crippen molar-refractivity contribution in [3.63, 3.8) is 0 Å². The van der Waals surface area contributed by atoms with E-state index in [0.29, 0.717) is 11.0 Å². The predicted octanol–water partition coefficient (Wildman–Crippen LogP) is -5.98. The zero-order valence-corrected chi connectivity index (χ0v) is 51.8. The second-order valence-electron chi connectivity index (χ2n) is 10.5. The van der Waals surface area contributed by atoms with Crippen LogP contribution < -0.4 is 134 Å². The van der Waals surface area contributed by atoms with E-state index in [0.717, 1.165) is 24.3 Å². The summed E-state index contributed by atoms with van der Waals surface area (Å²) in [6.45, 7) is 0. The van der Waals surface area contributed by atoms with E-state index in [1.54, 1.807) is 0 Å². The van der Waals surface area contributed by atoms with E-state index in [9.17, 15) is 46.4 Å². The van der Waals surface area contributed by atoms with Crippen molar-refractivity contribution in [2.45, 2.75) is 19.6 Å². The summed E-state index contributed by atoms with van der Waals surface area (Å²) < 4.78 is 82.2. The van der Waals surface area contributed by atoms with Crippen molar-refractivity contribution < 1.29 is 216 Å². The van der Waals surface area contributed by atoms with Gasteiger partial charge in [-0.25, -0.2) is 26.8 Å². The number of carbonyl (C=O) groups excluding carboxylic acids is 1. The molecule has 0 spiro atoms. The van der Waals surface area contributed by atoms with Crippen molar-refractivity contribution in [2.75, 3.05) is 5.32 Å². The van der Waals surface area contributed by atoms with Crippen molar-refractivity contribution >= 4 is 164 Å². The molecule has 62 heavy (non-hydrogen) atoms. The van der Waals surface area contributed by atoms with Gasteiger partial charge in [-0.2, -0.15) is 8.67 Å². The van der Waals surface area contributed by atoms with Gasteiger partial charge >= 0.3 is 160 Å². The number of aromatic nitrogens is 2. The first-order valence-electron chi connectivity index (χ1n) is 14.4. The van der Waals surface area contributed by atoms with Crippen LogP contribution in [0.15, 0.2) is 96.5 Å². The number of halogens is 4. The molecule has 6 aromatic rings. The van der Waals surface area contributed by atoms with Crippen molar-refractivity contribution in [1.29, 1.82) is 0 Å². The van der Waals surface area contributed by atoms with E-state index in [1.165, 1.54) is 42.5 Å². The number of benzene rings is 5. The third-order valence-corrected chi connectivity index (χ3v) is 10.8. The normalized spacial score (nSPS) is 11.1. The molecular weight excluding hydrogens is 1290 g/mol. The summed E-state index contributed by atoms with van der Waals surface area (Å²) in [6, 6.07) is 13.5. The number of amides is 1. The molecule has 0 atom stereocenters. The van der Waals surface area contributed by atoms with E-state index < -0.39 is 63.8 Å². The predicted molar refractivity (Wildman–Crippen MR) is 218 cm³/mol. The zero-order chi connectivity index (χ0) is 41.7. The first-order valence-corrected chi connectivity index (χ1v) is 27.6. The molecule has 1 aromatic heterocycles. The van der Waals surface area contributed by atoms with Crippen LogP contribution in [-0.2, 0) is 71.7 Å². The summed E-state index contributed by atoms with van der Waals surface area (Å²) in [6.07, 6.45) is 0. The summed E-state index contributed by atoms with van der Waals surface area (Å²) >= 11 is 14.4. The van der Waals surface area contributed by atoms with Crippen molar-refractivity contribution in [3.05, 3.63) is 82.6 Å². The Balaban J connectivity index is 0.00000452. The number of hydrogen-bond acceptors (Lipinski definition) is 20. The molecule has 6 rings (SSSR count). The quantitative estimate of drug-likeness (QED) is 0.0219. The Morgan fingerprint density at radius 1 is 0.806 bits per heavy atom. The summed E-state index contributed by atoms with van der Waals surface area (Å²) in [5.74, 6) is -1.16. The van der Waals surface area contributed by atoms with Gasteiger partial charge in [-0.1, -0.05) is 29.3 Å². The summed E-state index contributed by atoms with van der Waals surface area (Å²) in [4.78, 5) is 18.7. The molecular formula is C29H14BCl2I2N5Na4O14S4Y. The van der Waals surface area contributed by atoms with Crippen molar-refractivity contribution in [3.8, 4) is 5.75 Å². The Bertz CT molecular complexity index is 2830. The van der Waals surface area contributed by atoms with Crippen LogP contribution in [0.2, 0.25) is 10.3 Å². The van der Waals surface area contributed by atoms with Crippen LogP contribution in [0.3, 0.4) is 0 Å². The molecule has 0 fully saturated rings. The van der Waals surface area contributed by atoms with Crippen LogP contribution in [0.4, 0.5) is 17.1 Å². The maximum Gasteiger partial charge on any atom is 1.00 e. The van der Waals surface area contributed by atoms with Crippen molar-refractivity contribution in [1.82, 2.24) is 9.97 Å². The minimum atomic E-state index is -5.53. The van der Waals surface area contributed by atoms with Gasteiger partial charge in [0.1, 0.15) is 31.6 Å². The molecule has 1 amide bonds. The molecule has 33 heteroatoms. The number of phenolic OH excluding ortho intramolecular Hbond substituents is 1. The van der Waals surface area contributed by atoms with Crippen LogP contribution >= 0.6 is 82.9 Å². The Kier molecular flexibility index (Phi) is 30.6. The van der Waals surface area contributed by atoms with Gasteiger partial charge in [-0.05, 0) is 66.0 Å². The van der Waals surface area contributed by atoms with Crippen LogP contribution in [0.25, 0.3) is 32.6 Å². The van der Waals surface area contributed by atoms with Crippen LogP contribution in [0.1, 0.15) is 10.4 Å². The molecule has 5 aromatic carbocycles. The number of carbonyl (C=O) groups is 1. The second-order valence-corrected chi connectivity index (χ2v) is 19.4. The van der Waals surface area contributed by atoms with Gasteiger partial charge < -0.3 is 30.0 Å². The van der Waals surface area contributed by atoms with E-state index in [4.69, 9.17) is 28.9 Å². The number of anilines is 1. The average Bonchev–Trinajstić information content (AvgIpc) is 3.15. The Labute approximate surface area is 504 Å². The van der Waals surface area contributed by atoms with Gasteiger partial charge in [0, 0.05) is 65.0 Å². The first-order chi connectivity index (χ1) is 27.0. The van der Waals surface area contributed by atoms with E-state index in [2.05, 4.69) is 62.9 Å². The SMILES string of the molecule is O=C(Nc1ccc2c(O)c(N=Nc3ccc4c(S(=O)(=O)[O-])cc(SOO[O-])cc4c3S(=O)(=O)[O-])c(SOO[O-])cc2c1)c1ccc2nc(Cl)c(Cl)nc2c1.[B][IH]I.[Na+].[Na+].[Na+].[Na+].[Y]. The number of fused-ring (bicyclic) bond motifs is 3. The standard InChI is InChI=1S/C29H17Cl2N5O14S4.BHI2.4Na.Y/c30-27-28(31)34-21-8-12(1-5-19(21)33-27)29(38)32-14-2-3-16-13(7-14)9-22(52-50-48-40)24(25(16)37)36-35-20-6-4-17-18(26(20)54(44,45)46)10-15(51-49-47-39)11-23(17)53(41,42)43;1-3-2;;;;;/h1-11,37,39-40H,(H,32,38)(H,41,42,43)(H,44,45,46);3H;;;;;/q;;4*+1;/p-4. The molecule has 3 radical (unpaired) electrons. The number of aromatic hydroxyl groups is 1. The fraction of sp³-hybridized carbons (Fsp3) is 0. The maximum absolute atomic E-state index is 13.1. The monoisotopic (exact) mass is 1300 g/mol. The van der Waals surface area contributed by atoms with E-state index in [-0.39, 0.29) is 234 Å². The van der Waals surface area contributed by atoms with Crippen LogP contribution in [0.5, 0.6) is 5.75 Å². The summed E-state index contributed by atoms with van der Waals surface area (Å²) in [5.41, 5.74) is 4.97. The Hall–Kier alpha value is 2.32. The topological polar surface area (TPSA) is 297 Å². The molecule has 0 saturated carbocycles. The number of hydrogen-bond donors (Lipinski definition) is 2. The minimum Gasteiger partial charge on any atom is 0 e.